The van der Waals surface area contributed by atoms with Crippen molar-refractivity contribution >= 4 is 5.78 Å². The number of ketones is 1. The van der Waals surface area contributed by atoms with Crippen molar-refractivity contribution in [1.82, 2.24) is 0 Å². The minimum Gasteiger partial charge on any atom is -0.396 e. The Kier molecular flexibility index (Phi) is 2.85. The van der Waals surface area contributed by atoms with Crippen molar-refractivity contribution in [3.8, 4) is 0 Å². The molecule has 4 nitrogen and oxygen atoms in total. The van der Waals surface area contributed by atoms with Gasteiger partial charge >= 0.3 is 0 Å². The first-order valence-corrected chi connectivity index (χ1v) is 5.23. The van der Waals surface area contributed by atoms with E-state index >= 15 is 0 Å². The van der Waals surface area contributed by atoms with E-state index in [0.717, 1.165) is 12.8 Å². The summed E-state index contributed by atoms with van der Waals surface area (Å²) in [5, 5.41) is 8.77. The maximum Gasteiger partial charge on any atom is 0.229 e. The van der Waals surface area contributed by atoms with E-state index in [1.807, 2.05) is 0 Å². The zero-order valence-electron chi connectivity index (χ0n) is 8.20. The molecule has 14 heavy (non-hydrogen) atoms. The molecule has 2 saturated heterocycles. The van der Waals surface area contributed by atoms with Gasteiger partial charge in [0, 0.05) is 19.4 Å². The number of carbonyl (C=O) groups is 1. The van der Waals surface area contributed by atoms with Crippen LogP contribution in [-0.4, -0.2) is 36.0 Å². The molecule has 1 N–H and O–H groups in total. The van der Waals surface area contributed by atoms with Crippen molar-refractivity contribution < 1.29 is 19.4 Å². The Morgan fingerprint density at radius 2 is 2.36 bits per heavy atom. The predicted octanol–water partition coefficient (Wildman–Crippen LogP) is 0.624. The zero-order chi connectivity index (χ0) is 10.0. The van der Waals surface area contributed by atoms with Crippen LogP contribution in [0.25, 0.3) is 0 Å². The lowest BCUT2D eigenvalue weighted by Crippen LogP contribution is -2.42. The Balaban J connectivity index is 2.01. The normalized spacial score (nSPS) is 38.1. The average Bonchev–Trinajstić information content (AvgIpc) is 2.45. The van der Waals surface area contributed by atoms with Gasteiger partial charge in [-0.1, -0.05) is 0 Å². The van der Waals surface area contributed by atoms with E-state index in [0.29, 0.717) is 25.9 Å². The summed E-state index contributed by atoms with van der Waals surface area (Å²) in [6.07, 6.45) is 3.43. The molecular formula is C10H16O4. The quantitative estimate of drug-likeness (QED) is 0.710. The third kappa shape index (κ3) is 1.69. The lowest BCUT2D eigenvalue weighted by molar-refractivity contribution is -0.236. The molecule has 2 aliphatic heterocycles. The second-order valence-corrected chi connectivity index (χ2v) is 3.94. The highest BCUT2D eigenvalue weighted by molar-refractivity contribution is 5.88. The predicted molar refractivity (Wildman–Crippen MR) is 48.7 cm³/mol. The molecule has 2 heterocycles. The molecule has 2 fully saturated rings. The molecule has 0 bridgehead atoms. The van der Waals surface area contributed by atoms with Gasteiger partial charge in [0.25, 0.3) is 0 Å². The number of hydrogen-bond acceptors (Lipinski definition) is 4. The summed E-state index contributed by atoms with van der Waals surface area (Å²) < 4.78 is 11.1. The molecule has 1 spiro atoms. The Morgan fingerprint density at radius 1 is 1.50 bits per heavy atom. The van der Waals surface area contributed by atoms with Gasteiger partial charge in [0.1, 0.15) is 0 Å². The van der Waals surface area contributed by atoms with Crippen LogP contribution in [0.5, 0.6) is 0 Å². The lowest BCUT2D eigenvalue weighted by atomic mass is 10.0. The van der Waals surface area contributed by atoms with Gasteiger partial charge in [-0.15, -0.1) is 0 Å². The standard InChI is InChI=1S/C10H16O4/c11-5-3-8-7-9(12)10(14-8)4-1-2-6-13-10/h8,11H,1-7H2/t8-,10-/m1/s1. The summed E-state index contributed by atoms with van der Waals surface area (Å²) in [5.74, 6) is -0.895. The lowest BCUT2D eigenvalue weighted by Gasteiger charge is -2.31. The van der Waals surface area contributed by atoms with Crippen LogP contribution < -0.4 is 0 Å². The molecule has 4 heteroatoms. The molecule has 80 valence electrons. The third-order valence-corrected chi connectivity index (χ3v) is 2.88. The van der Waals surface area contributed by atoms with E-state index < -0.39 is 5.79 Å². The largest absolute Gasteiger partial charge is 0.396 e. The summed E-state index contributed by atoms with van der Waals surface area (Å²) in [6.45, 7) is 0.672. The molecule has 0 aliphatic carbocycles. The Bertz CT molecular complexity index is 220. The molecule has 2 rings (SSSR count). The van der Waals surface area contributed by atoms with Crippen molar-refractivity contribution in [2.24, 2.45) is 0 Å². The topological polar surface area (TPSA) is 55.8 Å². The maximum atomic E-state index is 11.7. The average molecular weight is 200 g/mol. The minimum absolute atomic E-state index is 0.0515. The van der Waals surface area contributed by atoms with E-state index in [1.54, 1.807) is 0 Å². The van der Waals surface area contributed by atoms with Gasteiger partial charge < -0.3 is 14.6 Å². The van der Waals surface area contributed by atoms with Crippen molar-refractivity contribution in [3.63, 3.8) is 0 Å². The third-order valence-electron chi connectivity index (χ3n) is 2.88. The highest BCUT2D eigenvalue weighted by Crippen LogP contribution is 2.36. The van der Waals surface area contributed by atoms with Gasteiger partial charge in [0.05, 0.1) is 12.7 Å². The first-order chi connectivity index (χ1) is 6.77. The van der Waals surface area contributed by atoms with Crippen LogP contribution in [0.15, 0.2) is 0 Å². The van der Waals surface area contributed by atoms with E-state index in [2.05, 4.69) is 0 Å². The number of aliphatic hydroxyl groups is 1. The molecular weight excluding hydrogens is 184 g/mol. The monoisotopic (exact) mass is 200 g/mol. The summed E-state index contributed by atoms with van der Waals surface area (Å²) in [7, 11) is 0. The fourth-order valence-electron chi connectivity index (χ4n) is 2.13. The highest BCUT2D eigenvalue weighted by Gasteiger charge is 2.49. The first kappa shape index (κ1) is 10.1. The van der Waals surface area contributed by atoms with Crippen molar-refractivity contribution in [3.05, 3.63) is 0 Å². The van der Waals surface area contributed by atoms with Crippen LogP contribution in [0.1, 0.15) is 32.1 Å². The second kappa shape index (κ2) is 3.96. The number of hydrogen-bond donors (Lipinski definition) is 1. The van der Waals surface area contributed by atoms with E-state index in [9.17, 15) is 4.79 Å². The smallest absolute Gasteiger partial charge is 0.229 e. The van der Waals surface area contributed by atoms with Crippen molar-refractivity contribution in [2.75, 3.05) is 13.2 Å². The summed E-state index contributed by atoms with van der Waals surface area (Å²) in [5.41, 5.74) is 0. The van der Waals surface area contributed by atoms with Crippen molar-refractivity contribution in [2.45, 2.75) is 44.0 Å². The fraction of sp³-hybridized carbons (Fsp3) is 0.900. The van der Waals surface area contributed by atoms with Crippen LogP contribution in [0.3, 0.4) is 0 Å². The fourth-order valence-corrected chi connectivity index (χ4v) is 2.13. The Morgan fingerprint density at radius 3 is 3.00 bits per heavy atom. The summed E-state index contributed by atoms with van der Waals surface area (Å²) in [4.78, 5) is 11.7. The molecule has 0 unspecified atom stereocenters. The molecule has 2 atom stereocenters. The summed E-state index contributed by atoms with van der Waals surface area (Å²) >= 11 is 0. The van der Waals surface area contributed by atoms with Crippen LogP contribution in [0, 0.1) is 0 Å². The molecule has 0 aromatic carbocycles. The zero-order valence-corrected chi connectivity index (χ0v) is 8.20. The molecule has 2 aliphatic rings. The molecule has 0 amide bonds. The van der Waals surface area contributed by atoms with Gasteiger partial charge in [-0.05, 0) is 19.3 Å². The van der Waals surface area contributed by atoms with Gasteiger partial charge in [-0.3, -0.25) is 4.79 Å². The molecule has 0 radical (unpaired) electrons. The van der Waals surface area contributed by atoms with Crippen molar-refractivity contribution in [1.29, 1.82) is 0 Å². The summed E-state index contributed by atoms with van der Waals surface area (Å²) in [6, 6.07) is 0. The number of rotatable bonds is 2. The van der Waals surface area contributed by atoms with Gasteiger partial charge in [0.2, 0.25) is 5.79 Å². The van der Waals surface area contributed by atoms with Crippen LogP contribution >= 0.6 is 0 Å². The second-order valence-electron chi connectivity index (χ2n) is 3.94. The van der Waals surface area contributed by atoms with Gasteiger partial charge in [-0.25, -0.2) is 0 Å². The number of aliphatic hydroxyl groups excluding tert-OH is 1. The van der Waals surface area contributed by atoms with E-state index in [4.69, 9.17) is 14.6 Å². The molecule has 0 aromatic heterocycles. The Labute approximate surface area is 83.2 Å². The number of ether oxygens (including phenoxy) is 2. The highest BCUT2D eigenvalue weighted by atomic mass is 16.7. The van der Waals surface area contributed by atoms with Gasteiger partial charge in [-0.2, -0.15) is 0 Å². The SMILES string of the molecule is O=C1C[C@@H](CCO)O[C@]12CCCCO2. The first-order valence-electron chi connectivity index (χ1n) is 5.23. The minimum atomic E-state index is -0.946. The molecule has 0 aromatic rings. The van der Waals surface area contributed by atoms with Crippen LogP contribution in [0.2, 0.25) is 0 Å². The Hall–Kier alpha value is -0.450. The van der Waals surface area contributed by atoms with Crippen LogP contribution in [0.4, 0.5) is 0 Å². The van der Waals surface area contributed by atoms with Crippen LogP contribution in [-0.2, 0) is 14.3 Å². The van der Waals surface area contributed by atoms with E-state index in [-0.39, 0.29) is 18.5 Å². The molecule has 0 saturated carbocycles. The maximum absolute atomic E-state index is 11.7. The number of carbonyl (C=O) groups excluding carboxylic acids is 1. The number of Topliss-reactive ketones (excluding diaryl/α,β-unsaturated/α-hetero) is 1. The van der Waals surface area contributed by atoms with Gasteiger partial charge in [0.15, 0.2) is 5.78 Å². The van der Waals surface area contributed by atoms with E-state index in [1.165, 1.54) is 0 Å².